The van der Waals surface area contributed by atoms with Crippen molar-refractivity contribution in [3.05, 3.63) is 71.8 Å². The fourth-order valence-electron chi connectivity index (χ4n) is 3.05. The number of alkyl carbamates (subject to hydrolysis) is 1. The van der Waals surface area contributed by atoms with Gasteiger partial charge in [0.15, 0.2) is 0 Å². The maximum atomic E-state index is 12.5. The number of nitrogens with one attached hydrogen (secondary N) is 2. The Morgan fingerprint density at radius 2 is 1.52 bits per heavy atom. The lowest BCUT2D eigenvalue weighted by Crippen LogP contribution is -2.47. The fraction of sp³-hybridized carbons (Fsp3) is 0.435. The summed E-state index contributed by atoms with van der Waals surface area (Å²) >= 11 is 0. The molecule has 2 aromatic rings. The summed E-state index contributed by atoms with van der Waals surface area (Å²) in [6.45, 7) is 10.7. The van der Waals surface area contributed by atoms with E-state index in [-0.39, 0.29) is 12.1 Å². The summed E-state index contributed by atoms with van der Waals surface area (Å²) in [5.41, 5.74) is 1.74. The van der Waals surface area contributed by atoms with Crippen LogP contribution >= 0.6 is 0 Å². The van der Waals surface area contributed by atoms with Crippen molar-refractivity contribution in [2.75, 3.05) is 0 Å². The first-order valence-electron chi connectivity index (χ1n) is 9.58. The second kappa shape index (κ2) is 9.56. The molecule has 0 aliphatic heterocycles. The SMILES string of the molecule is CC(C)[C@@H](NCc1ccccc1)[C@H](NC(=O)OC(C)(C)C)c1ccccc1. The molecule has 2 atom stereocenters. The lowest BCUT2D eigenvalue weighted by Gasteiger charge is -2.33. The molecule has 0 aliphatic carbocycles. The van der Waals surface area contributed by atoms with Gasteiger partial charge in [-0.15, -0.1) is 0 Å². The highest BCUT2D eigenvalue weighted by atomic mass is 16.6. The van der Waals surface area contributed by atoms with E-state index in [4.69, 9.17) is 4.74 Å². The molecule has 146 valence electrons. The first-order chi connectivity index (χ1) is 12.8. The van der Waals surface area contributed by atoms with Crippen molar-refractivity contribution < 1.29 is 9.53 Å². The Labute approximate surface area is 163 Å². The van der Waals surface area contributed by atoms with Crippen molar-refractivity contribution in [1.29, 1.82) is 0 Å². The first-order valence-corrected chi connectivity index (χ1v) is 9.58. The number of amides is 1. The molecule has 27 heavy (non-hydrogen) atoms. The molecular formula is C23H32N2O2. The smallest absolute Gasteiger partial charge is 0.408 e. The van der Waals surface area contributed by atoms with Gasteiger partial charge < -0.3 is 15.4 Å². The molecule has 0 aromatic heterocycles. The van der Waals surface area contributed by atoms with Gasteiger partial charge in [0, 0.05) is 12.6 Å². The van der Waals surface area contributed by atoms with Crippen LogP contribution in [-0.4, -0.2) is 17.7 Å². The van der Waals surface area contributed by atoms with E-state index in [1.54, 1.807) is 0 Å². The molecule has 2 aromatic carbocycles. The Morgan fingerprint density at radius 3 is 2.04 bits per heavy atom. The second-order valence-corrected chi connectivity index (χ2v) is 8.17. The zero-order valence-electron chi connectivity index (χ0n) is 17.0. The van der Waals surface area contributed by atoms with Crippen LogP contribution in [0.15, 0.2) is 60.7 Å². The van der Waals surface area contributed by atoms with Gasteiger partial charge in [-0.1, -0.05) is 74.5 Å². The number of hydrogen-bond donors (Lipinski definition) is 2. The van der Waals surface area contributed by atoms with Crippen LogP contribution < -0.4 is 10.6 Å². The van der Waals surface area contributed by atoms with Crippen LogP contribution in [0.2, 0.25) is 0 Å². The normalized spacial score (nSPS) is 13.9. The van der Waals surface area contributed by atoms with E-state index < -0.39 is 11.7 Å². The average molecular weight is 369 g/mol. The average Bonchev–Trinajstić information content (AvgIpc) is 2.61. The van der Waals surface area contributed by atoms with Crippen LogP contribution in [0.4, 0.5) is 4.79 Å². The van der Waals surface area contributed by atoms with Crippen LogP contribution in [0.3, 0.4) is 0 Å². The summed E-state index contributed by atoms with van der Waals surface area (Å²) in [6.07, 6.45) is -0.400. The van der Waals surface area contributed by atoms with Gasteiger partial charge in [-0.05, 0) is 37.8 Å². The van der Waals surface area contributed by atoms with Gasteiger partial charge in [0.2, 0.25) is 0 Å². The molecule has 1 amide bonds. The molecule has 0 saturated carbocycles. The maximum Gasteiger partial charge on any atom is 0.408 e. The van der Waals surface area contributed by atoms with E-state index >= 15 is 0 Å². The Bertz CT molecular complexity index is 693. The quantitative estimate of drug-likeness (QED) is 0.717. The molecule has 0 saturated heterocycles. The minimum atomic E-state index is -0.532. The Kier molecular flexibility index (Phi) is 7.43. The van der Waals surface area contributed by atoms with Gasteiger partial charge in [0.1, 0.15) is 5.60 Å². The number of rotatable bonds is 7. The molecule has 2 rings (SSSR count). The van der Waals surface area contributed by atoms with Crippen molar-refractivity contribution in [3.8, 4) is 0 Å². The lowest BCUT2D eigenvalue weighted by atomic mass is 9.91. The maximum absolute atomic E-state index is 12.5. The highest BCUT2D eigenvalue weighted by Gasteiger charge is 2.29. The van der Waals surface area contributed by atoms with Crippen molar-refractivity contribution >= 4 is 6.09 Å². The third-order valence-electron chi connectivity index (χ3n) is 4.29. The standard InChI is InChI=1S/C23H32N2O2/c1-17(2)20(24-16-18-12-8-6-9-13-18)21(19-14-10-7-11-15-19)25-22(26)27-23(3,4)5/h6-15,17,20-21,24H,16H2,1-5H3,(H,25,26)/t20-,21-/m1/s1. The number of carbonyl (C=O) groups is 1. The Morgan fingerprint density at radius 1 is 0.963 bits per heavy atom. The van der Waals surface area contributed by atoms with Gasteiger partial charge in [-0.25, -0.2) is 4.79 Å². The van der Waals surface area contributed by atoms with Crippen LogP contribution in [0, 0.1) is 5.92 Å². The van der Waals surface area contributed by atoms with Gasteiger partial charge >= 0.3 is 6.09 Å². The zero-order valence-corrected chi connectivity index (χ0v) is 17.0. The van der Waals surface area contributed by atoms with Crippen LogP contribution in [0.5, 0.6) is 0 Å². The number of hydrogen-bond acceptors (Lipinski definition) is 3. The molecule has 0 unspecified atom stereocenters. The third kappa shape index (κ3) is 7.06. The minimum absolute atomic E-state index is 0.0557. The van der Waals surface area contributed by atoms with E-state index in [0.717, 1.165) is 12.1 Å². The molecule has 4 nitrogen and oxygen atoms in total. The predicted octanol–water partition coefficient (Wildman–Crippen LogP) is 5.07. The summed E-state index contributed by atoms with van der Waals surface area (Å²) in [7, 11) is 0. The van der Waals surface area contributed by atoms with Crippen LogP contribution in [-0.2, 0) is 11.3 Å². The Hall–Kier alpha value is -2.33. The van der Waals surface area contributed by atoms with Crippen molar-refractivity contribution in [1.82, 2.24) is 10.6 Å². The first kappa shape index (κ1) is 21.0. The van der Waals surface area contributed by atoms with Crippen LogP contribution in [0.25, 0.3) is 0 Å². The largest absolute Gasteiger partial charge is 0.444 e. The van der Waals surface area contributed by atoms with E-state index in [2.05, 4.69) is 36.6 Å². The summed E-state index contributed by atoms with van der Waals surface area (Å²) in [6, 6.07) is 20.2. The molecule has 0 spiro atoms. The van der Waals surface area contributed by atoms with Crippen molar-refractivity contribution in [2.45, 2.75) is 58.8 Å². The summed E-state index contributed by atoms with van der Waals surface area (Å²) < 4.78 is 5.50. The topological polar surface area (TPSA) is 50.4 Å². The summed E-state index contributed by atoms with van der Waals surface area (Å²) in [5, 5.41) is 6.72. The Balaban J connectivity index is 2.21. The minimum Gasteiger partial charge on any atom is -0.444 e. The predicted molar refractivity (Wildman–Crippen MR) is 110 cm³/mol. The number of benzene rings is 2. The van der Waals surface area contributed by atoms with Crippen molar-refractivity contribution in [3.63, 3.8) is 0 Å². The monoisotopic (exact) mass is 368 g/mol. The molecule has 0 radical (unpaired) electrons. The van der Waals surface area contributed by atoms with E-state index in [1.807, 2.05) is 69.3 Å². The van der Waals surface area contributed by atoms with Crippen molar-refractivity contribution in [2.24, 2.45) is 5.92 Å². The molecule has 0 aliphatic rings. The lowest BCUT2D eigenvalue weighted by molar-refractivity contribution is 0.0484. The summed E-state index contributed by atoms with van der Waals surface area (Å²) in [5.74, 6) is 0.314. The number of carbonyl (C=O) groups excluding carboxylic acids is 1. The zero-order chi connectivity index (χ0) is 19.9. The third-order valence-corrected chi connectivity index (χ3v) is 4.29. The van der Waals surface area contributed by atoms with Crippen LogP contribution in [0.1, 0.15) is 51.8 Å². The van der Waals surface area contributed by atoms with E-state index in [1.165, 1.54) is 5.56 Å². The number of ether oxygens (including phenoxy) is 1. The van der Waals surface area contributed by atoms with Gasteiger partial charge in [-0.2, -0.15) is 0 Å². The highest BCUT2D eigenvalue weighted by Crippen LogP contribution is 2.23. The fourth-order valence-corrected chi connectivity index (χ4v) is 3.05. The molecule has 4 heteroatoms. The van der Waals surface area contributed by atoms with Gasteiger partial charge in [0.25, 0.3) is 0 Å². The molecule has 2 N–H and O–H groups in total. The molecule has 0 heterocycles. The molecule has 0 bridgehead atoms. The molecular weight excluding hydrogens is 336 g/mol. The highest BCUT2D eigenvalue weighted by molar-refractivity contribution is 5.68. The van der Waals surface area contributed by atoms with Gasteiger partial charge in [-0.3, -0.25) is 0 Å². The second-order valence-electron chi connectivity index (χ2n) is 8.17. The molecule has 0 fully saturated rings. The van der Waals surface area contributed by atoms with E-state index in [0.29, 0.717) is 5.92 Å². The summed E-state index contributed by atoms with van der Waals surface area (Å²) in [4.78, 5) is 12.5. The van der Waals surface area contributed by atoms with Gasteiger partial charge in [0.05, 0.1) is 6.04 Å². The van der Waals surface area contributed by atoms with E-state index in [9.17, 15) is 4.79 Å².